The van der Waals surface area contributed by atoms with Crippen LogP contribution >= 0.6 is 22.6 Å². The summed E-state index contributed by atoms with van der Waals surface area (Å²) in [7, 11) is 1.67. The molecule has 1 aliphatic rings. The van der Waals surface area contributed by atoms with Crippen LogP contribution in [0.5, 0.6) is 11.5 Å². The maximum Gasteiger partial charge on any atom is 0.162 e. The van der Waals surface area contributed by atoms with Crippen molar-refractivity contribution in [1.82, 2.24) is 0 Å². The summed E-state index contributed by atoms with van der Waals surface area (Å²) in [6.45, 7) is 0. The highest BCUT2D eigenvalue weighted by molar-refractivity contribution is 14.1. The quantitative estimate of drug-likeness (QED) is 0.797. The Bertz CT molecular complexity index is 308. The summed E-state index contributed by atoms with van der Waals surface area (Å²) < 4.78 is 12.1. The Morgan fingerprint density at radius 2 is 2.08 bits per heavy atom. The van der Waals surface area contributed by atoms with E-state index in [1.807, 2.05) is 18.2 Å². The van der Waals surface area contributed by atoms with Crippen molar-refractivity contribution in [3.05, 3.63) is 21.8 Å². The summed E-state index contributed by atoms with van der Waals surface area (Å²) in [6, 6.07) is 5.97. The third-order valence-corrected chi connectivity index (χ3v) is 2.61. The molecule has 0 heterocycles. The molecule has 0 saturated heterocycles. The van der Waals surface area contributed by atoms with Gasteiger partial charge < -0.3 is 9.47 Å². The molecule has 3 heteroatoms. The van der Waals surface area contributed by atoms with Gasteiger partial charge in [0.05, 0.1) is 13.2 Å². The second-order valence-electron chi connectivity index (χ2n) is 3.11. The fraction of sp³-hybridized carbons (Fsp3) is 0.400. The predicted octanol–water partition coefficient (Wildman–Crippen LogP) is 2.84. The maximum atomic E-state index is 5.70. The maximum absolute atomic E-state index is 5.70. The third kappa shape index (κ3) is 2.27. The molecule has 0 atom stereocenters. The van der Waals surface area contributed by atoms with Crippen molar-refractivity contribution in [2.24, 2.45) is 0 Å². The van der Waals surface area contributed by atoms with Crippen molar-refractivity contribution in [2.45, 2.75) is 18.9 Å². The van der Waals surface area contributed by atoms with Crippen LogP contribution in [0, 0.1) is 3.57 Å². The number of hydrogen-bond acceptors (Lipinski definition) is 2. The van der Waals surface area contributed by atoms with Crippen molar-refractivity contribution in [2.75, 3.05) is 7.11 Å². The molecule has 1 aromatic rings. The summed E-state index contributed by atoms with van der Waals surface area (Å²) in [5.74, 6) is 1.70. The Labute approximate surface area is 91.4 Å². The van der Waals surface area contributed by atoms with Gasteiger partial charge >= 0.3 is 0 Å². The van der Waals surface area contributed by atoms with Crippen LogP contribution in [0.3, 0.4) is 0 Å². The van der Waals surface area contributed by atoms with Gasteiger partial charge in [-0.05, 0) is 53.6 Å². The fourth-order valence-corrected chi connectivity index (χ4v) is 1.57. The van der Waals surface area contributed by atoms with Gasteiger partial charge in [-0.25, -0.2) is 0 Å². The van der Waals surface area contributed by atoms with Gasteiger partial charge in [0.15, 0.2) is 11.5 Å². The van der Waals surface area contributed by atoms with Crippen LogP contribution in [0.4, 0.5) is 0 Å². The van der Waals surface area contributed by atoms with Crippen molar-refractivity contribution in [3.8, 4) is 11.5 Å². The van der Waals surface area contributed by atoms with Crippen LogP contribution in [0.1, 0.15) is 12.8 Å². The molecule has 1 aliphatic carbocycles. The van der Waals surface area contributed by atoms with Crippen molar-refractivity contribution in [3.63, 3.8) is 0 Å². The van der Waals surface area contributed by atoms with E-state index in [0.717, 1.165) is 11.5 Å². The van der Waals surface area contributed by atoms with Crippen LogP contribution in [-0.4, -0.2) is 13.2 Å². The van der Waals surface area contributed by atoms with E-state index in [1.54, 1.807) is 7.11 Å². The van der Waals surface area contributed by atoms with Crippen molar-refractivity contribution in [1.29, 1.82) is 0 Å². The zero-order valence-corrected chi connectivity index (χ0v) is 9.58. The van der Waals surface area contributed by atoms with Gasteiger partial charge in [-0.15, -0.1) is 0 Å². The normalized spacial score (nSPS) is 15.5. The summed E-state index contributed by atoms with van der Waals surface area (Å²) in [4.78, 5) is 0. The zero-order valence-electron chi connectivity index (χ0n) is 7.42. The monoisotopic (exact) mass is 290 g/mol. The van der Waals surface area contributed by atoms with E-state index < -0.39 is 0 Å². The highest BCUT2D eigenvalue weighted by Crippen LogP contribution is 2.34. The Kier molecular flexibility index (Phi) is 2.62. The zero-order chi connectivity index (χ0) is 9.26. The standard InChI is InChI=1S/C10H11IO2/c1-12-9-5-2-7(11)6-10(9)13-8-3-4-8/h2,5-6,8H,3-4H2,1H3. The molecular formula is C10H11IO2. The van der Waals surface area contributed by atoms with E-state index in [-0.39, 0.29) is 0 Å². The molecule has 0 aliphatic heterocycles. The highest BCUT2D eigenvalue weighted by atomic mass is 127. The first-order valence-electron chi connectivity index (χ1n) is 4.30. The number of ether oxygens (including phenoxy) is 2. The lowest BCUT2D eigenvalue weighted by molar-refractivity contribution is 0.282. The molecule has 1 aromatic carbocycles. The lowest BCUT2D eigenvalue weighted by atomic mass is 10.3. The van der Waals surface area contributed by atoms with E-state index >= 15 is 0 Å². The first-order chi connectivity index (χ1) is 6.29. The van der Waals surface area contributed by atoms with E-state index in [9.17, 15) is 0 Å². The number of rotatable bonds is 3. The number of benzene rings is 1. The molecule has 0 unspecified atom stereocenters. The average molecular weight is 290 g/mol. The predicted molar refractivity (Wildman–Crippen MR) is 59.4 cm³/mol. The molecule has 2 nitrogen and oxygen atoms in total. The van der Waals surface area contributed by atoms with E-state index in [0.29, 0.717) is 6.10 Å². The number of hydrogen-bond donors (Lipinski definition) is 0. The molecule has 0 bridgehead atoms. The van der Waals surface area contributed by atoms with E-state index in [4.69, 9.17) is 9.47 Å². The molecule has 1 saturated carbocycles. The number of halogens is 1. The first-order valence-corrected chi connectivity index (χ1v) is 5.37. The second-order valence-corrected chi connectivity index (χ2v) is 4.36. The van der Waals surface area contributed by atoms with Gasteiger partial charge in [-0.3, -0.25) is 0 Å². The van der Waals surface area contributed by atoms with Crippen molar-refractivity contribution >= 4 is 22.6 Å². The summed E-state index contributed by atoms with van der Waals surface area (Å²) in [5.41, 5.74) is 0. The van der Waals surface area contributed by atoms with Crippen LogP contribution in [-0.2, 0) is 0 Å². The fourth-order valence-electron chi connectivity index (χ4n) is 1.11. The average Bonchev–Trinajstić information content (AvgIpc) is 2.89. The molecule has 13 heavy (non-hydrogen) atoms. The summed E-state index contributed by atoms with van der Waals surface area (Å²) in [6.07, 6.45) is 2.77. The van der Waals surface area contributed by atoms with E-state index in [2.05, 4.69) is 22.6 Å². The van der Waals surface area contributed by atoms with Gasteiger partial charge in [0.25, 0.3) is 0 Å². The largest absolute Gasteiger partial charge is 0.493 e. The molecule has 0 amide bonds. The molecular weight excluding hydrogens is 279 g/mol. The Balaban J connectivity index is 2.22. The lowest BCUT2D eigenvalue weighted by Gasteiger charge is -2.09. The smallest absolute Gasteiger partial charge is 0.162 e. The van der Waals surface area contributed by atoms with Crippen LogP contribution in [0.25, 0.3) is 0 Å². The van der Waals surface area contributed by atoms with Gasteiger partial charge in [-0.1, -0.05) is 0 Å². The summed E-state index contributed by atoms with van der Waals surface area (Å²) in [5, 5.41) is 0. The second kappa shape index (κ2) is 3.74. The lowest BCUT2D eigenvalue weighted by Crippen LogP contribution is -1.98. The van der Waals surface area contributed by atoms with Crippen LogP contribution in [0.2, 0.25) is 0 Å². The Morgan fingerprint density at radius 1 is 1.31 bits per heavy atom. The summed E-state index contributed by atoms with van der Waals surface area (Å²) >= 11 is 2.27. The van der Waals surface area contributed by atoms with Gasteiger partial charge in [0, 0.05) is 3.57 Å². The first kappa shape index (κ1) is 9.12. The molecule has 1 fully saturated rings. The number of methoxy groups -OCH3 is 1. The SMILES string of the molecule is COc1ccc(I)cc1OC1CC1. The molecule has 70 valence electrons. The molecule has 0 spiro atoms. The Hall–Kier alpha value is -0.450. The van der Waals surface area contributed by atoms with E-state index in [1.165, 1.54) is 16.4 Å². The molecule has 2 rings (SSSR count). The highest BCUT2D eigenvalue weighted by Gasteiger charge is 2.24. The van der Waals surface area contributed by atoms with Crippen LogP contribution in [0.15, 0.2) is 18.2 Å². The topological polar surface area (TPSA) is 18.5 Å². The minimum Gasteiger partial charge on any atom is -0.493 e. The van der Waals surface area contributed by atoms with Gasteiger partial charge in [-0.2, -0.15) is 0 Å². The van der Waals surface area contributed by atoms with Gasteiger partial charge in [0.2, 0.25) is 0 Å². The van der Waals surface area contributed by atoms with Gasteiger partial charge in [0.1, 0.15) is 0 Å². The molecule has 0 aromatic heterocycles. The molecule has 0 radical (unpaired) electrons. The third-order valence-electron chi connectivity index (χ3n) is 1.94. The van der Waals surface area contributed by atoms with Crippen molar-refractivity contribution < 1.29 is 9.47 Å². The minimum absolute atomic E-state index is 0.423. The van der Waals surface area contributed by atoms with Crippen LogP contribution < -0.4 is 9.47 Å². The minimum atomic E-state index is 0.423. The Morgan fingerprint density at radius 3 is 2.69 bits per heavy atom. The molecule has 0 N–H and O–H groups in total.